The number of methoxy groups -OCH3 is 2. The Balaban J connectivity index is 3.10. The smallest absolute Gasteiger partial charge is 0.213 e. The first kappa shape index (κ1) is 9.80. The standard InChI is InChI=1S/C9H13NO3/c1-6(11)7-4-9(13-3)10-5-8(7)12-2/h4-6,11H,1-3H3/t6-/m0/s1. The van der Waals surface area contributed by atoms with Crippen LogP contribution in [-0.4, -0.2) is 24.3 Å². The van der Waals surface area contributed by atoms with Gasteiger partial charge in [-0.25, -0.2) is 4.98 Å². The third-order valence-corrected chi connectivity index (χ3v) is 1.75. The van der Waals surface area contributed by atoms with Crippen molar-refractivity contribution in [1.82, 2.24) is 4.98 Å². The Morgan fingerprint density at radius 1 is 1.38 bits per heavy atom. The SMILES string of the molecule is COc1cc([C@H](C)O)c(OC)cn1. The molecule has 1 heterocycles. The lowest BCUT2D eigenvalue weighted by molar-refractivity contribution is 0.193. The van der Waals surface area contributed by atoms with Crippen molar-refractivity contribution in [2.45, 2.75) is 13.0 Å². The Morgan fingerprint density at radius 2 is 2.08 bits per heavy atom. The third-order valence-electron chi connectivity index (χ3n) is 1.75. The van der Waals surface area contributed by atoms with E-state index in [0.717, 1.165) is 0 Å². The van der Waals surface area contributed by atoms with Crippen LogP contribution in [0, 0.1) is 0 Å². The van der Waals surface area contributed by atoms with Gasteiger partial charge < -0.3 is 14.6 Å². The van der Waals surface area contributed by atoms with E-state index in [2.05, 4.69) is 4.98 Å². The molecule has 0 fully saturated rings. The fourth-order valence-corrected chi connectivity index (χ4v) is 1.05. The zero-order valence-electron chi connectivity index (χ0n) is 7.94. The van der Waals surface area contributed by atoms with Gasteiger partial charge in [0.15, 0.2) is 0 Å². The minimum atomic E-state index is -0.591. The third kappa shape index (κ3) is 2.09. The molecule has 0 aliphatic rings. The summed E-state index contributed by atoms with van der Waals surface area (Å²) in [6, 6.07) is 1.66. The molecule has 0 saturated carbocycles. The van der Waals surface area contributed by atoms with Crippen LogP contribution in [0.2, 0.25) is 0 Å². The molecule has 4 heteroatoms. The van der Waals surface area contributed by atoms with Gasteiger partial charge in [0.2, 0.25) is 5.88 Å². The molecule has 0 bridgehead atoms. The van der Waals surface area contributed by atoms with Gasteiger partial charge in [0.05, 0.1) is 26.5 Å². The van der Waals surface area contributed by atoms with E-state index in [1.54, 1.807) is 13.0 Å². The zero-order valence-corrected chi connectivity index (χ0v) is 7.94. The second-order valence-electron chi connectivity index (χ2n) is 2.64. The number of aliphatic hydroxyl groups is 1. The van der Waals surface area contributed by atoms with Crippen LogP contribution in [0.5, 0.6) is 11.6 Å². The zero-order chi connectivity index (χ0) is 9.84. The number of nitrogens with zero attached hydrogens (tertiary/aromatic N) is 1. The minimum Gasteiger partial charge on any atom is -0.495 e. The lowest BCUT2D eigenvalue weighted by Gasteiger charge is -2.11. The van der Waals surface area contributed by atoms with Gasteiger partial charge in [-0.05, 0) is 6.92 Å². The van der Waals surface area contributed by atoms with Gasteiger partial charge in [0, 0.05) is 11.6 Å². The van der Waals surface area contributed by atoms with Crippen LogP contribution in [0.4, 0.5) is 0 Å². The summed E-state index contributed by atoms with van der Waals surface area (Å²) in [7, 11) is 3.07. The minimum absolute atomic E-state index is 0.469. The van der Waals surface area contributed by atoms with Gasteiger partial charge >= 0.3 is 0 Å². The summed E-state index contributed by atoms with van der Waals surface area (Å²) < 4.78 is 9.95. The Bertz CT molecular complexity index is 286. The van der Waals surface area contributed by atoms with Crippen molar-refractivity contribution in [2.24, 2.45) is 0 Å². The molecule has 0 aliphatic heterocycles. The van der Waals surface area contributed by atoms with Crippen molar-refractivity contribution >= 4 is 0 Å². The highest BCUT2D eigenvalue weighted by Gasteiger charge is 2.10. The van der Waals surface area contributed by atoms with Gasteiger partial charge in [-0.3, -0.25) is 0 Å². The molecule has 1 aromatic rings. The Kier molecular flexibility index (Phi) is 3.08. The molecular formula is C9H13NO3. The maximum atomic E-state index is 9.39. The molecule has 0 saturated heterocycles. The van der Waals surface area contributed by atoms with Crippen molar-refractivity contribution in [1.29, 1.82) is 0 Å². The van der Waals surface area contributed by atoms with Gasteiger partial charge in [0.1, 0.15) is 5.75 Å². The van der Waals surface area contributed by atoms with Crippen LogP contribution in [0.1, 0.15) is 18.6 Å². The molecule has 0 amide bonds. The summed E-state index contributed by atoms with van der Waals surface area (Å²) in [6.45, 7) is 1.66. The molecule has 72 valence electrons. The molecule has 13 heavy (non-hydrogen) atoms. The fraction of sp³-hybridized carbons (Fsp3) is 0.444. The number of hydrogen-bond donors (Lipinski definition) is 1. The average molecular weight is 183 g/mol. The van der Waals surface area contributed by atoms with Crippen LogP contribution in [0.15, 0.2) is 12.3 Å². The maximum absolute atomic E-state index is 9.39. The van der Waals surface area contributed by atoms with Crippen LogP contribution in [0.3, 0.4) is 0 Å². The number of aliphatic hydroxyl groups excluding tert-OH is 1. The molecule has 0 unspecified atom stereocenters. The van der Waals surface area contributed by atoms with Crippen molar-refractivity contribution in [3.8, 4) is 11.6 Å². The van der Waals surface area contributed by atoms with Crippen LogP contribution >= 0.6 is 0 Å². The molecule has 0 radical (unpaired) electrons. The van der Waals surface area contributed by atoms with Gasteiger partial charge in [0.25, 0.3) is 0 Å². The highest BCUT2D eigenvalue weighted by Crippen LogP contribution is 2.26. The van der Waals surface area contributed by atoms with Crippen LogP contribution in [-0.2, 0) is 0 Å². The highest BCUT2D eigenvalue weighted by atomic mass is 16.5. The van der Waals surface area contributed by atoms with Crippen LogP contribution < -0.4 is 9.47 Å². The summed E-state index contributed by atoms with van der Waals surface area (Å²) in [5, 5.41) is 9.39. The molecule has 0 spiro atoms. The van der Waals surface area contributed by atoms with Gasteiger partial charge in [-0.15, -0.1) is 0 Å². The number of rotatable bonds is 3. The quantitative estimate of drug-likeness (QED) is 0.763. The van der Waals surface area contributed by atoms with Crippen LogP contribution in [0.25, 0.3) is 0 Å². The number of aromatic nitrogens is 1. The highest BCUT2D eigenvalue weighted by molar-refractivity contribution is 5.36. The molecular weight excluding hydrogens is 170 g/mol. The van der Waals surface area contributed by atoms with E-state index in [4.69, 9.17) is 9.47 Å². The second kappa shape index (κ2) is 4.09. The topological polar surface area (TPSA) is 51.6 Å². The molecule has 1 rings (SSSR count). The monoisotopic (exact) mass is 183 g/mol. The first-order valence-electron chi connectivity index (χ1n) is 3.95. The van der Waals surface area contributed by atoms with Crippen molar-refractivity contribution in [3.05, 3.63) is 17.8 Å². The van der Waals surface area contributed by atoms with Crippen molar-refractivity contribution < 1.29 is 14.6 Å². The van der Waals surface area contributed by atoms with Crippen molar-refractivity contribution in [3.63, 3.8) is 0 Å². The Hall–Kier alpha value is -1.29. The van der Waals surface area contributed by atoms with E-state index in [9.17, 15) is 5.11 Å². The van der Waals surface area contributed by atoms with E-state index in [1.165, 1.54) is 20.4 Å². The summed E-state index contributed by atoms with van der Waals surface area (Å²) >= 11 is 0. The van der Waals surface area contributed by atoms with E-state index in [-0.39, 0.29) is 0 Å². The largest absolute Gasteiger partial charge is 0.495 e. The normalized spacial score (nSPS) is 12.3. The fourth-order valence-electron chi connectivity index (χ4n) is 1.05. The maximum Gasteiger partial charge on any atom is 0.213 e. The van der Waals surface area contributed by atoms with Gasteiger partial charge in [-0.1, -0.05) is 0 Å². The molecule has 1 atom stereocenters. The summed E-state index contributed by atoms with van der Waals surface area (Å²) in [5.41, 5.74) is 0.675. The molecule has 4 nitrogen and oxygen atoms in total. The predicted molar refractivity (Wildman–Crippen MR) is 48.0 cm³/mol. The van der Waals surface area contributed by atoms with E-state index in [0.29, 0.717) is 17.2 Å². The van der Waals surface area contributed by atoms with Gasteiger partial charge in [-0.2, -0.15) is 0 Å². The second-order valence-corrected chi connectivity index (χ2v) is 2.64. The number of pyridine rings is 1. The van der Waals surface area contributed by atoms with E-state index >= 15 is 0 Å². The van der Waals surface area contributed by atoms with E-state index in [1.807, 2.05) is 0 Å². The molecule has 0 aliphatic carbocycles. The lowest BCUT2D eigenvalue weighted by Crippen LogP contribution is -1.99. The first-order chi connectivity index (χ1) is 6.19. The Labute approximate surface area is 77.1 Å². The van der Waals surface area contributed by atoms with Crippen molar-refractivity contribution in [2.75, 3.05) is 14.2 Å². The molecule has 0 aromatic carbocycles. The number of hydrogen-bond acceptors (Lipinski definition) is 4. The predicted octanol–water partition coefficient (Wildman–Crippen LogP) is 1.15. The number of ether oxygens (including phenoxy) is 2. The first-order valence-corrected chi connectivity index (χ1v) is 3.95. The molecule has 1 N–H and O–H groups in total. The Morgan fingerprint density at radius 3 is 2.54 bits per heavy atom. The van der Waals surface area contributed by atoms with E-state index < -0.39 is 6.10 Å². The summed E-state index contributed by atoms with van der Waals surface area (Å²) in [6.07, 6.45) is 0.938. The lowest BCUT2D eigenvalue weighted by atomic mass is 10.1. The molecule has 1 aromatic heterocycles. The summed E-state index contributed by atoms with van der Waals surface area (Å²) in [4.78, 5) is 3.95. The average Bonchev–Trinajstić information content (AvgIpc) is 2.16. The summed E-state index contributed by atoms with van der Waals surface area (Å²) in [5.74, 6) is 1.03.